The topological polar surface area (TPSA) is 61.2 Å². The standard InChI is InChI=1S/C18H24N2O3S/c1-4-14-19-17-16(12-8-7-11(2)10-13(12)24-17)18(22)20(14)9-5-6-15(21)23-3/h11H,4-10H2,1-3H3. The van der Waals surface area contributed by atoms with Crippen molar-refractivity contribution in [3.63, 3.8) is 0 Å². The second-order valence-corrected chi connectivity index (χ2v) is 7.63. The molecule has 0 aliphatic heterocycles. The maximum Gasteiger partial charge on any atom is 0.305 e. The summed E-state index contributed by atoms with van der Waals surface area (Å²) in [6.07, 6.45) is 4.79. The molecule has 2 aromatic heterocycles. The Labute approximate surface area is 145 Å². The van der Waals surface area contributed by atoms with Gasteiger partial charge in [0, 0.05) is 24.3 Å². The highest BCUT2D eigenvalue weighted by atomic mass is 32.1. The highest BCUT2D eigenvalue weighted by Crippen LogP contribution is 2.35. The van der Waals surface area contributed by atoms with Crippen LogP contribution in [0.4, 0.5) is 0 Å². The zero-order valence-corrected chi connectivity index (χ0v) is 15.4. The minimum Gasteiger partial charge on any atom is -0.469 e. The predicted octanol–water partition coefficient (Wildman–Crippen LogP) is 3.10. The number of carbonyl (C=O) groups is 1. The summed E-state index contributed by atoms with van der Waals surface area (Å²) in [6.45, 7) is 4.80. The molecule has 0 bridgehead atoms. The lowest BCUT2D eigenvalue weighted by Gasteiger charge is -2.17. The molecule has 0 radical (unpaired) electrons. The van der Waals surface area contributed by atoms with Crippen molar-refractivity contribution in [3.8, 4) is 0 Å². The molecule has 1 unspecified atom stereocenters. The number of aryl methyl sites for hydroxylation is 2. The van der Waals surface area contributed by atoms with Crippen molar-refractivity contribution < 1.29 is 9.53 Å². The molecule has 0 amide bonds. The number of aromatic nitrogens is 2. The van der Waals surface area contributed by atoms with Crippen molar-refractivity contribution in [3.05, 3.63) is 26.6 Å². The number of esters is 1. The second kappa shape index (κ2) is 7.05. The zero-order valence-electron chi connectivity index (χ0n) is 14.6. The molecule has 0 aromatic carbocycles. The fourth-order valence-electron chi connectivity index (χ4n) is 3.45. The fraction of sp³-hybridized carbons (Fsp3) is 0.611. The molecule has 24 heavy (non-hydrogen) atoms. The number of ether oxygens (including phenoxy) is 1. The van der Waals surface area contributed by atoms with Gasteiger partial charge in [-0.15, -0.1) is 11.3 Å². The van der Waals surface area contributed by atoms with E-state index in [4.69, 9.17) is 4.98 Å². The van der Waals surface area contributed by atoms with E-state index in [1.165, 1.54) is 17.6 Å². The van der Waals surface area contributed by atoms with Crippen LogP contribution in [-0.4, -0.2) is 22.6 Å². The smallest absolute Gasteiger partial charge is 0.305 e. The highest BCUT2D eigenvalue weighted by Gasteiger charge is 2.24. The lowest BCUT2D eigenvalue weighted by atomic mass is 9.89. The molecule has 0 saturated heterocycles. The molecule has 2 heterocycles. The van der Waals surface area contributed by atoms with Gasteiger partial charge in [-0.1, -0.05) is 13.8 Å². The van der Waals surface area contributed by atoms with E-state index in [1.807, 2.05) is 6.92 Å². The van der Waals surface area contributed by atoms with Crippen LogP contribution in [0.15, 0.2) is 4.79 Å². The van der Waals surface area contributed by atoms with Crippen LogP contribution in [0.1, 0.15) is 49.4 Å². The van der Waals surface area contributed by atoms with Crippen molar-refractivity contribution in [1.82, 2.24) is 9.55 Å². The number of methoxy groups -OCH3 is 1. The van der Waals surface area contributed by atoms with Crippen LogP contribution in [0.3, 0.4) is 0 Å². The summed E-state index contributed by atoms with van der Waals surface area (Å²) in [5, 5.41) is 0.817. The second-order valence-electron chi connectivity index (χ2n) is 6.55. The first-order valence-electron chi connectivity index (χ1n) is 8.65. The third-order valence-corrected chi connectivity index (χ3v) is 5.95. The van der Waals surface area contributed by atoms with E-state index in [2.05, 4.69) is 11.7 Å². The Morgan fingerprint density at radius 2 is 2.25 bits per heavy atom. The van der Waals surface area contributed by atoms with Crippen LogP contribution in [0.5, 0.6) is 0 Å². The van der Waals surface area contributed by atoms with E-state index in [1.54, 1.807) is 15.9 Å². The minimum atomic E-state index is -0.239. The normalized spacial score (nSPS) is 17.0. The Morgan fingerprint density at radius 1 is 1.46 bits per heavy atom. The summed E-state index contributed by atoms with van der Waals surface area (Å²) in [4.78, 5) is 31.4. The predicted molar refractivity (Wildman–Crippen MR) is 95.7 cm³/mol. The lowest BCUT2D eigenvalue weighted by Crippen LogP contribution is -2.26. The molecule has 2 aromatic rings. The van der Waals surface area contributed by atoms with Crippen molar-refractivity contribution in [2.24, 2.45) is 5.92 Å². The Balaban J connectivity index is 2.00. The van der Waals surface area contributed by atoms with Crippen LogP contribution in [-0.2, 0) is 35.3 Å². The summed E-state index contributed by atoms with van der Waals surface area (Å²) in [7, 11) is 1.39. The van der Waals surface area contributed by atoms with Crippen molar-refractivity contribution in [1.29, 1.82) is 0 Å². The Kier molecular flexibility index (Phi) is 5.04. The molecule has 0 N–H and O–H groups in total. The van der Waals surface area contributed by atoms with Crippen LogP contribution >= 0.6 is 11.3 Å². The van der Waals surface area contributed by atoms with E-state index >= 15 is 0 Å². The fourth-order valence-corrected chi connectivity index (χ4v) is 4.84. The molecule has 3 rings (SSSR count). The van der Waals surface area contributed by atoms with E-state index in [0.717, 1.165) is 35.3 Å². The van der Waals surface area contributed by atoms with Gasteiger partial charge in [-0.25, -0.2) is 4.98 Å². The number of thiophene rings is 1. The van der Waals surface area contributed by atoms with Crippen LogP contribution < -0.4 is 5.56 Å². The van der Waals surface area contributed by atoms with Crippen LogP contribution in [0.25, 0.3) is 10.2 Å². The number of nitrogens with zero attached hydrogens (tertiary/aromatic N) is 2. The van der Waals surface area contributed by atoms with E-state index in [-0.39, 0.29) is 11.5 Å². The van der Waals surface area contributed by atoms with Gasteiger partial charge in [0.2, 0.25) is 0 Å². The molecule has 130 valence electrons. The lowest BCUT2D eigenvalue weighted by molar-refractivity contribution is -0.140. The first kappa shape index (κ1) is 17.1. The summed E-state index contributed by atoms with van der Waals surface area (Å²) in [5.41, 5.74) is 1.28. The molecule has 0 saturated carbocycles. The van der Waals surface area contributed by atoms with Gasteiger partial charge in [-0.2, -0.15) is 0 Å². The van der Waals surface area contributed by atoms with E-state index in [9.17, 15) is 9.59 Å². The van der Waals surface area contributed by atoms with Gasteiger partial charge in [0.15, 0.2) is 0 Å². The summed E-state index contributed by atoms with van der Waals surface area (Å²) in [6, 6.07) is 0. The van der Waals surface area contributed by atoms with Gasteiger partial charge in [-0.3, -0.25) is 14.2 Å². The van der Waals surface area contributed by atoms with Crippen LogP contribution in [0.2, 0.25) is 0 Å². The van der Waals surface area contributed by atoms with E-state index < -0.39 is 0 Å². The van der Waals surface area contributed by atoms with Gasteiger partial charge < -0.3 is 4.74 Å². The van der Waals surface area contributed by atoms with Crippen molar-refractivity contribution in [2.45, 2.75) is 58.9 Å². The average molecular weight is 348 g/mol. The van der Waals surface area contributed by atoms with Gasteiger partial charge in [-0.05, 0) is 37.2 Å². The minimum absolute atomic E-state index is 0.0637. The molecular formula is C18H24N2O3S. The number of hydrogen-bond donors (Lipinski definition) is 0. The van der Waals surface area contributed by atoms with Crippen LogP contribution in [0, 0.1) is 5.92 Å². The number of hydrogen-bond acceptors (Lipinski definition) is 5. The molecule has 0 spiro atoms. The molecule has 5 nitrogen and oxygen atoms in total. The van der Waals surface area contributed by atoms with Gasteiger partial charge in [0.1, 0.15) is 10.7 Å². The van der Waals surface area contributed by atoms with Gasteiger partial charge >= 0.3 is 5.97 Å². The maximum absolute atomic E-state index is 13.1. The quantitative estimate of drug-likeness (QED) is 0.779. The molecule has 6 heteroatoms. The first-order chi connectivity index (χ1) is 11.5. The van der Waals surface area contributed by atoms with Gasteiger partial charge in [0.05, 0.1) is 12.5 Å². The highest BCUT2D eigenvalue weighted by molar-refractivity contribution is 7.18. The third kappa shape index (κ3) is 3.11. The Hall–Kier alpha value is -1.69. The number of rotatable bonds is 5. The largest absolute Gasteiger partial charge is 0.469 e. The molecule has 0 fully saturated rings. The Morgan fingerprint density at radius 3 is 2.96 bits per heavy atom. The molecule has 1 aliphatic rings. The average Bonchev–Trinajstić information content (AvgIpc) is 2.93. The van der Waals surface area contributed by atoms with Gasteiger partial charge in [0.25, 0.3) is 5.56 Å². The number of fused-ring (bicyclic) bond motifs is 3. The Bertz CT molecular complexity index is 822. The zero-order chi connectivity index (χ0) is 17.3. The molecule has 1 aliphatic carbocycles. The van der Waals surface area contributed by atoms with E-state index in [0.29, 0.717) is 31.7 Å². The van der Waals surface area contributed by atoms with Crippen molar-refractivity contribution in [2.75, 3.05) is 7.11 Å². The summed E-state index contributed by atoms with van der Waals surface area (Å²) >= 11 is 1.69. The maximum atomic E-state index is 13.1. The molecular weight excluding hydrogens is 324 g/mol. The third-order valence-electron chi connectivity index (χ3n) is 4.80. The number of carbonyl (C=O) groups excluding carboxylic acids is 1. The van der Waals surface area contributed by atoms with Crippen molar-refractivity contribution >= 4 is 27.5 Å². The first-order valence-corrected chi connectivity index (χ1v) is 9.47. The SMILES string of the molecule is CCc1nc2sc3c(c2c(=O)n1CCCC(=O)OC)CCC(C)C3. The summed E-state index contributed by atoms with van der Waals surface area (Å²) in [5.74, 6) is 1.25. The molecule has 1 atom stereocenters. The monoisotopic (exact) mass is 348 g/mol. The summed E-state index contributed by atoms with van der Waals surface area (Å²) < 4.78 is 6.44.